The van der Waals surface area contributed by atoms with Crippen LogP contribution in [0.2, 0.25) is 0 Å². The van der Waals surface area contributed by atoms with Crippen molar-refractivity contribution in [2.24, 2.45) is 5.92 Å². The van der Waals surface area contributed by atoms with Crippen LogP contribution in [-0.4, -0.2) is 24.7 Å². The lowest BCUT2D eigenvalue weighted by molar-refractivity contribution is -0.174. The average Bonchev–Trinajstić information content (AvgIpc) is 2.25. The van der Waals surface area contributed by atoms with Crippen molar-refractivity contribution in [1.82, 2.24) is 5.32 Å². The molecule has 1 aliphatic heterocycles. The van der Waals surface area contributed by atoms with Crippen LogP contribution in [0.15, 0.2) is 11.8 Å². The van der Waals surface area contributed by atoms with Gasteiger partial charge in [-0.15, -0.1) is 0 Å². The molecule has 6 nitrogen and oxygen atoms in total. The van der Waals surface area contributed by atoms with Crippen molar-refractivity contribution in [2.45, 2.75) is 26.0 Å². The van der Waals surface area contributed by atoms with Crippen molar-refractivity contribution < 1.29 is 19.1 Å². The summed E-state index contributed by atoms with van der Waals surface area (Å²) in [5.74, 6) is -1.23. The molecular weight excluding hydrogens is 224 g/mol. The van der Waals surface area contributed by atoms with Gasteiger partial charge in [0.15, 0.2) is 5.76 Å². The summed E-state index contributed by atoms with van der Waals surface area (Å²) in [6.07, 6.45) is 1.83. The predicted molar refractivity (Wildman–Crippen MR) is 57.1 cm³/mol. The van der Waals surface area contributed by atoms with Gasteiger partial charge < -0.3 is 14.8 Å². The zero-order valence-corrected chi connectivity index (χ0v) is 9.94. The molecule has 0 aliphatic carbocycles. The third-order valence-electron chi connectivity index (χ3n) is 2.33. The van der Waals surface area contributed by atoms with Gasteiger partial charge in [-0.3, -0.25) is 4.79 Å². The number of esters is 1. The number of amides is 1. The maximum atomic E-state index is 11.7. The van der Waals surface area contributed by atoms with E-state index in [-0.39, 0.29) is 18.1 Å². The Labute approximate surface area is 99.2 Å². The van der Waals surface area contributed by atoms with Crippen LogP contribution in [0.1, 0.15) is 20.3 Å². The molecule has 0 spiro atoms. The molecule has 0 saturated carbocycles. The van der Waals surface area contributed by atoms with Gasteiger partial charge in [-0.1, -0.05) is 6.92 Å². The van der Waals surface area contributed by atoms with E-state index in [1.165, 1.54) is 14.0 Å². The summed E-state index contributed by atoms with van der Waals surface area (Å²) in [7, 11) is 1.20. The second-order valence-corrected chi connectivity index (χ2v) is 3.93. The first kappa shape index (κ1) is 13.0. The second kappa shape index (κ2) is 4.87. The minimum Gasteiger partial charge on any atom is -0.465 e. The molecule has 92 valence electrons. The monoisotopic (exact) mass is 238 g/mol. The maximum Gasteiger partial charge on any atom is 0.372 e. The van der Waals surface area contributed by atoms with E-state index < -0.39 is 17.6 Å². The number of hydrogen-bond donors (Lipinski definition) is 1. The Morgan fingerprint density at radius 2 is 2.35 bits per heavy atom. The minimum absolute atomic E-state index is 0.00269. The third-order valence-corrected chi connectivity index (χ3v) is 2.33. The summed E-state index contributed by atoms with van der Waals surface area (Å²) in [5, 5.41) is 11.2. The summed E-state index contributed by atoms with van der Waals surface area (Å²) < 4.78 is 9.87. The van der Waals surface area contributed by atoms with E-state index in [1.54, 1.807) is 6.08 Å². The fourth-order valence-corrected chi connectivity index (χ4v) is 1.80. The number of carbonyl (C=O) groups excluding carboxylic acids is 2. The lowest BCUT2D eigenvalue weighted by Crippen LogP contribution is -2.58. The van der Waals surface area contributed by atoms with Crippen LogP contribution in [-0.2, 0) is 19.1 Å². The first-order valence-corrected chi connectivity index (χ1v) is 5.11. The van der Waals surface area contributed by atoms with Gasteiger partial charge in [0.25, 0.3) is 5.72 Å². The van der Waals surface area contributed by atoms with Crippen LogP contribution >= 0.6 is 0 Å². The molecule has 1 aliphatic rings. The van der Waals surface area contributed by atoms with Crippen LogP contribution in [0.25, 0.3) is 0 Å². The largest absolute Gasteiger partial charge is 0.465 e. The van der Waals surface area contributed by atoms with E-state index in [2.05, 4.69) is 10.1 Å². The molecular formula is C11H14N2O4. The highest BCUT2D eigenvalue weighted by Crippen LogP contribution is 2.30. The molecule has 1 rings (SSSR count). The fourth-order valence-electron chi connectivity index (χ4n) is 1.80. The molecule has 0 aromatic rings. The van der Waals surface area contributed by atoms with Crippen molar-refractivity contribution >= 4 is 11.9 Å². The molecule has 1 N–H and O–H groups in total. The van der Waals surface area contributed by atoms with Crippen molar-refractivity contribution in [3.05, 3.63) is 11.8 Å². The van der Waals surface area contributed by atoms with Crippen LogP contribution in [0.5, 0.6) is 0 Å². The van der Waals surface area contributed by atoms with Gasteiger partial charge in [-0.2, -0.15) is 5.26 Å². The SMILES string of the molecule is COC(=O)[C@@]1(NC(C)=O)C[C@@H](C)C=C(C#N)O1. The third kappa shape index (κ3) is 2.75. The summed E-state index contributed by atoms with van der Waals surface area (Å²) in [4.78, 5) is 22.9. The van der Waals surface area contributed by atoms with Gasteiger partial charge in [-0.05, 0) is 12.0 Å². The Morgan fingerprint density at radius 3 is 2.82 bits per heavy atom. The number of hydrogen-bond acceptors (Lipinski definition) is 5. The number of nitriles is 1. The molecule has 1 amide bonds. The van der Waals surface area contributed by atoms with E-state index in [9.17, 15) is 9.59 Å². The second-order valence-electron chi connectivity index (χ2n) is 3.93. The first-order valence-electron chi connectivity index (χ1n) is 5.11. The van der Waals surface area contributed by atoms with E-state index in [0.717, 1.165) is 0 Å². The van der Waals surface area contributed by atoms with Gasteiger partial charge in [0.05, 0.1) is 7.11 Å². The van der Waals surface area contributed by atoms with E-state index >= 15 is 0 Å². The zero-order chi connectivity index (χ0) is 13.1. The molecule has 0 unspecified atom stereocenters. The van der Waals surface area contributed by atoms with Crippen molar-refractivity contribution in [2.75, 3.05) is 7.11 Å². The molecule has 6 heteroatoms. The highest BCUT2D eigenvalue weighted by Gasteiger charge is 2.47. The fraction of sp³-hybridized carbons (Fsp3) is 0.545. The molecule has 0 fully saturated rings. The Kier molecular flexibility index (Phi) is 3.73. The molecule has 0 radical (unpaired) electrons. The van der Waals surface area contributed by atoms with Crippen molar-refractivity contribution in [3.63, 3.8) is 0 Å². The average molecular weight is 238 g/mol. The summed E-state index contributed by atoms with van der Waals surface area (Å²) >= 11 is 0. The number of nitrogens with one attached hydrogen (secondary N) is 1. The molecule has 0 saturated heterocycles. The van der Waals surface area contributed by atoms with Gasteiger partial charge in [-0.25, -0.2) is 4.79 Å². The topological polar surface area (TPSA) is 88.4 Å². The number of rotatable bonds is 2. The maximum absolute atomic E-state index is 11.7. The number of nitrogens with zero attached hydrogens (tertiary/aromatic N) is 1. The van der Waals surface area contributed by atoms with Crippen molar-refractivity contribution in [3.8, 4) is 6.07 Å². The molecule has 0 aromatic heterocycles. The summed E-state index contributed by atoms with van der Waals surface area (Å²) in [6.45, 7) is 3.09. The minimum atomic E-state index is -1.60. The number of carbonyl (C=O) groups is 2. The zero-order valence-electron chi connectivity index (χ0n) is 9.94. The lowest BCUT2D eigenvalue weighted by Gasteiger charge is -2.35. The van der Waals surface area contributed by atoms with Crippen LogP contribution < -0.4 is 5.32 Å². The smallest absolute Gasteiger partial charge is 0.372 e. The molecule has 2 atom stereocenters. The van der Waals surface area contributed by atoms with Gasteiger partial charge in [0.1, 0.15) is 6.07 Å². The van der Waals surface area contributed by atoms with Gasteiger partial charge in [0, 0.05) is 13.3 Å². The summed E-state index contributed by atoms with van der Waals surface area (Å²) in [5.41, 5.74) is -1.60. The number of methoxy groups -OCH3 is 1. The van der Waals surface area contributed by atoms with Gasteiger partial charge >= 0.3 is 5.97 Å². The standard InChI is InChI=1S/C11H14N2O4/c1-7-4-9(6-12)17-11(5-7,10(15)16-3)13-8(2)14/h4,7H,5H2,1-3H3,(H,13,14)/t7-,11+/m0/s1. The molecule has 0 aromatic carbocycles. The van der Waals surface area contributed by atoms with E-state index in [4.69, 9.17) is 10.00 Å². The van der Waals surface area contributed by atoms with Crippen LogP contribution in [0.4, 0.5) is 0 Å². The Morgan fingerprint density at radius 1 is 1.71 bits per heavy atom. The Bertz CT molecular complexity index is 410. The molecule has 17 heavy (non-hydrogen) atoms. The molecule has 1 heterocycles. The first-order chi connectivity index (χ1) is 7.93. The molecule has 0 bridgehead atoms. The van der Waals surface area contributed by atoms with E-state index in [1.807, 2.05) is 13.0 Å². The highest BCUT2D eigenvalue weighted by molar-refractivity contribution is 5.86. The highest BCUT2D eigenvalue weighted by atomic mass is 16.6. The van der Waals surface area contributed by atoms with Crippen LogP contribution in [0, 0.1) is 17.2 Å². The number of ether oxygens (including phenoxy) is 2. The number of allylic oxidation sites excluding steroid dienone is 2. The normalized spacial score (nSPS) is 27.2. The van der Waals surface area contributed by atoms with E-state index in [0.29, 0.717) is 0 Å². The Hall–Kier alpha value is -2.03. The van der Waals surface area contributed by atoms with Gasteiger partial charge in [0.2, 0.25) is 5.91 Å². The Balaban J connectivity index is 3.09. The van der Waals surface area contributed by atoms with Crippen molar-refractivity contribution in [1.29, 1.82) is 5.26 Å². The summed E-state index contributed by atoms with van der Waals surface area (Å²) in [6, 6.07) is 1.82. The quantitative estimate of drug-likeness (QED) is 0.706. The lowest BCUT2D eigenvalue weighted by atomic mass is 9.94. The van der Waals surface area contributed by atoms with Crippen LogP contribution in [0.3, 0.4) is 0 Å². The predicted octanol–water partition coefficient (Wildman–Crippen LogP) is 0.456.